The maximum absolute atomic E-state index is 15.2. The molecule has 0 bridgehead atoms. The number of pyridine rings is 1. The molecule has 0 atom stereocenters. The van der Waals surface area contributed by atoms with Crippen LogP contribution < -0.4 is 15.6 Å². The van der Waals surface area contributed by atoms with Crippen molar-refractivity contribution in [2.45, 2.75) is 39.7 Å². The molecule has 10 heteroatoms. The molecule has 1 saturated carbocycles. The molecule has 0 spiro atoms. The molecule has 1 saturated heterocycles. The van der Waals surface area contributed by atoms with Crippen LogP contribution in [0.5, 0.6) is 0 Å². The lowest BCUT2D eigenvalue weighted by Gasteiger charge is -2.36. The highest BCUT2D eigenvalue weighted by Gasteiger charge is 2.29. The Morgan fingerprint density at radius 2 is 1.85 bits per heavy atom. The number of aryl methyl sites for hydroxylation is 2. The summed E-state index contributed by atoms with van der Waals surface area (Å²) in [6, 6.07) is 3.13. The summed E-state index contributed by atoms with van der Waals surface area (Å²) in [7, 11) is 0. The molecule has 1 aliphatic carbocycles. The number of rotatable bonds is 4. The Morgan fingerprint density at radius 1 is 1.15 bits per heavy atom. The van der Waals surface area contributed by atoms with Gasteiger partial charge < -0.3 is 14.4 Å². The number of benzene rings is 1. The molecule has 0 unspecified atom stereocenters. The monoisotopic (exact) mass is 483 g/mol. The van der Waals surface area contributed by atoms with E-state index in [-0.39, 0.29) is 22.9 Å². The smallest absolute Gasteiger partial charge is 0.262 e. The lowest BCUT2D eigenvalue weighted by Crippen LogP contribution is -2.48. The van der Waals surface area contributed by atoms with Gasteiger partial charge in [0.25, 0.3) is 5.91 Å². The third-order valence-corrected chi connectivity index (χ3v) is 7.59. The van der Waals surface area contributed by atoms with Gasteiger partial charge in [-0.2, -0.15) is 0 Å². The lowest BCUT2D eigenvalue weighted by molar-refractivity contribution is -0.129. The number of hydrogen-bond acceptors (Lipinski definition) is 6. The lowest BCUT2D eigenvalue weighted by atomic mass is 10.1. The molecule has 2 amide bonds. The first kappa shape index (κ1) is 22.5. The first-order valence-electron chi connectivity index (χ1n) is 11.4. The third kappa shape index (κ3) is 4.06. The van der Waals surface area contributed by atoms with E-state index in [0.29, 0.717) is 42.5 Å². The van der Waals surface area contributed by atoms with Gasteiger partial charge in [-0.25, -0.2) is 9.37 Å². The van der Waals surface area contributed by atoms with Crippen molar-refractivity contribution in [1.82, 2.24) is 14.5 Å². The maximum Gasteiger partial charge on any atom is 0.262 e. The number of amides is 2. The molecule has 0 radical (unpaired) electrons. The second-order valence-electron chi connectivity index (χ2n) is 8.94. The van der Waals surface area contributed by atoms with E-state index in [0.717, 1.165) is 23.4 Å². The molecular weight excluding hydrogens is 457 g/mol. The van der Waals surface area contributed by atoms with Crippen molar-refractivity contribution >= 4 is 44.9 Å². The quantitative estimate of drug-likeness (QED) is 0.614. The van der Waals surface area contributed by atoms with Crippen molar-refractivity contribution in [3.8, 4) is 0 Å². The number of nitrogens with zero attached hydrogens (tertiary/aromatic N) is 4. The summed E-state index contributed by atoms with van der Waals surface area (Å²) in [6.07, 6.45) is 3.47. The average Bonchev–Trinajstić information content (AvgIpc) is 3.59. The topological polar surface area (TPSA) is 87.5 Å². The van der Waals surface area contributed by atoms with E-state index in [1.165, 1.54) is 24.3 Å². The van der Waals surface area contributed by atoms with Crippen molar-refractivity contribution in [3.05, 3.63) is 50.5 Å². The number of carbonyl (C=O) groups excluding carboxylic acids is 2. The van der Waals surface area contributed by atoms with Crippen LogP contribution >= 0.6 is 11.3 Å². The highest BCUT2D eigenvalue weighted by atomic mass is 32.1. The minimum absolute atomic E-state index is 0.00933. The van der Waals surface area contributed by atoms with Crippen LogP contribution in [0.4, 0.5) is 15.2 Å². The number of nitrogens with one attached hydrogen (secondary N) is 1. The van der Waals surface area contributed by atoms with Crippen molar-refractivity contribution < 1.29 is 14.0 Å². The summed E-state index contributed by atoms with van der Waals surface area (Å²) in [5.41, 5.74) is 1.34. The van der Waals surface area contributed by atoms with Crippen molar-refractivity contribution in [1.29, 1.82) is 0 Å². The normalized spacial score (nSPS) is 16.2. The van der Waals surface area contributed by atoms with Crippen LogP contribution in [0.25, 0.3) is 10.9 Å². The molecule has 1 N–H and O–H groups in total. The van der Waals surface area contributed by atoms with Crippen LogP contribution in [0.2, 0.25) is 0 Å². The van der Waals surface area contributed by atoms with E-state index in [4.69, 9.17) is 0 Å². The zero-order valence-electron chi connectivity index (χ0n) is 19.4. The highest BCUT2D eigenvalue weighted by molar-refractivity contribution is 7.15. The molecule has 5 rings (SSSR count). The molecule has 2 aliphatic rings. The molecule has 3 aromatic rings. The van der Waals surface area contributed by atoms with E-state index in [9.17, 15) is 14.4 Å². The fourth-order valence-electron chi connectivity index (χ4n) is 4.37. The molecule has 34 heavy (non-hydrogen) atoms. The van der Waals surface area contributed by atoms with Crippen molar-refractivity contribution in [2.24, 2.45) is 0 Å². The predicted molar refractivity (Wildman–Crippen MR) is 130 cm³/mol. The second-order valence-corrected chi connectivity index (χ2v) is 10.1. The van der Waals surface area contributed by atoms with E-state index < -0.39 is 17.2 Å². The first-order valence-corrected chi connectivity index (χ1v) is 12.2. The van der Waals surface area contributed by atoms with Gasteiger partial charge in [-0.05, 0) is 38.8 Å². The Hall–Kier alpha value is -3.27. The van der Waals surface area contributed by atoms with Gasteiger partial charge in [-0.3, -0.25) is 19.7 Å². The van der Waals surface area contributed by atoms with Gasteiger partial charge in [-0.1, -0.05) is 0 Å². The summed E-state index contributed by atoms with van der Waals surface area (Å²) >= 11 is 1.35. The number of hydrogen-bond donors (Lipinski definition) is 1. The van der Waals surface area contributed by atoms with Gasteiger partial charge in [0.2, 0.25) is 11.3 Å². The van der Waals surface area contributed by atoms with Crippen molar-refractivity contribution in [3.63, 3.8) is 0 Å². The van der Waals surface area contributed by atoms with Crippen molar-refractivity contribution in [2.75, 3.05) is 36.4 Å². The fraction of sp³-hybridized carbons (Fsp3) is 0.417. The van der Waals surface area contributed by atoms with E-state index >= 15 is 4.39 Å². The fourth-order valence-corrected chi connectivity index (χ4v) is 5.18. The third-order valence-electron chi connectivity index (χ3n) is 6.60. The Balaban J connectivity index is 1.53. The zero-order chi connectivity index (χ0) is 24.1. The Bertz CT molecular complexity index is 1350. The Kier molecular flexibility index (Phi) is 5.63. The minimum Gasteiger partial charge on any atom is -0.366 e. The molecule has 2 aromatic heterocycles. The van der Waals surface area contributed by atoms with Gasteiger partial charge in [0.15, 0.2) is 5.13 Å². The summed E-state index contributed by atoms with van der Waals surface area (Å²) in [4.78, 5) is 46.8. The summed E-state index contributed by atoms with van der Waals surface area (Å²) in [5, 5.41) is 3.35. The zero-order valence-corrected chi connectivity index (χ0v) is 20.2. The average molecular weight is 484 g/mol. The Labute approximate surface area is 200 Å². The number of anilines is 2. The number of fused-ring (bicyclic) bond motifs is 1. The number of thiazole rings is 1. The van der Waals surface area contributed by atoms with Gasteiger partial charge >= 0.3 is 0 Å². The number of piperazine rings is 1. The highest BCUT2D eigenvalue weighted by Crippen LogP contribution is 2.38. The van der Waals surface area contributed by atoms with E-state index in [1.807, 2.05) is 23.3 Å². The van der Waals surface area contributed by atoms with Crippen LogP contribution in [-0.2, 0) is 4.79 Å². The van der Waals surface area contributed by atoms with Crippen LogP contribution in [0.15, 0.2) is 23.1 Å². The molecule has 1 aliphatic heterocycles. The molecule has 8 nitrogen and oxygen atoms in total. The number of carbonyl (C=O) groups is 2. The van der Waals surface area contributed by atoms with Gasteiger partial charge in [0.05, 0.1) is 16.9 Å². The molecular formula is C24H26FN5O3S. The van der Waals surface area contributed by atoms with Crippen LogP contribution in [-0.4, -0.2) is 52.4 Å². The molecule has 178 valence electrons. The van der Waals surface area contributed by atoms with Crippen LogP contribution in [0.1, 0.15) is 46.7 Å². The van der Waals surface area contributed by atoms with Gasteiger partial charge in [0, 0.05) is 55.6 Å². The predicted octanol–water partition coefficient (Wildman–Crippen LogP) is 3.47. The van der Waals surface area contributed by atoms with E-state index in [2.05, 4.69) is 10.3 Å². The largest absolute Gasteiger partial charge is 0.366 e. The summed E-state index contributed by atoms with van der Waals surface area (Å²) < 4.78 is 17.2. The standard InChI is InChI=1S/C24H26FN5O3S/c1-13-14(2)34-24(26-13)27-23(33)18-12-30(16-4-5-16)20-11-21(19(25)10-17(20)22(18)32)29-8-6-28(7-9-29)15(3)31/h10-12,16H,4-9H2,1-3H3,(H,26,27,33). The minimum atomic E-state index is -0.542. The van der Waals surface area contributed by atoms with E-state index in [1.54, 1.807) is 17.2 Å². The van der Waals surface area contributed by atoms with Crippen LogP contribution in [0, 0.1) is 19.7 Å². The molecule has 3 heterocycles. The van der Waals surface area contributed by atoms with Gasteiger partial charge in [-0.15, -0.1) is 11.3 Å². The first-order chi connectivity index (χ1) is 16.2. The number of halogens is 1. The number of aromatic nitrogens is 2. The second kappa shape index (κ2) is 8.50. The summed E-state index contributed by atoms with van der Waals surface area (Å²) in [5.74, 6) is -1.04. The Morgan fingerprint density at radius 3 is 2.44 bits per heavy atom. The SMILES string of the molecule is CC(=O)N1CCN(c2cc3c(cc2F)c(=O)c(C(=O)Nc2nc(C)c(C)s2)cn3C2CC2)CC1. The molecule has 2 fully saturated rings. The van der Waals surface area contributed by atoms with Gasteiger partial charge in [0.1, 0.15) is 11.4 Å². The maximum atomic E-state index is 15.2. The summed E-state index contributed by atoms with van der Waals surface area (Å²) in [6.45, 7) is 7.39. The molecule has 1 aromatic carbocycles. The van der Waals surface area contributed by atoms with Crippen LogP contribution in [0.3, 0.4) is 0 Å².